The van der Waals surface area contributed by atoms with E-state index >= 15 is 0 Å². The second kappa shape index (κ2) is 5.16. The average Bonchev–Trinajstić information content (AvgIpc) is 2.75. The second-order valence-corrected chi connectivity index (χ2v) is 11.1. The summed E-state index contributed by atoms with van der Waals surface area (Å²) in [6, 6.07) is 2.91. The van der Waals surface area contributed by atoms with Gasteiger partial charge in [-0.3, -0.25) is 9.67 Å². The number of rotatable bonds is 4. The van der Waals surface area contributed by atoms with Gasteiger partial charge in [0.15, 0.2) is 0 Å². The summed E-state index contributed by atoms with van der Waals surface area (Å²) in [4.78, 5) is 4.00. The molecule has 2 rings (SSSR count). The summed E-state index contributed by atoms with van der Waals surface area (Å²) in [6.45, 7) is 6.72. The minimum absolute atomic E-state index is 0.0850. The number of hydrogen-bond donors (Lipinski definition) is 0. The molecule has 19 heavy (non-hydrogen) atoms. The molecular formula is C12H16F2N4Si. The third-order valence-electron chi connectivity index (χ3n) is 2.48. The van der Waals surface area contributed by atoms with E-state index in [-0.39, 0.29) is 5.56 Å². The number of aromatic nitrogens is 4. The first-order valence-electron chi connectivity index (χ1n) is 6.00. The smallest absolute Gasteiger partial charge is 0.255 e. The van der Waals surface area contributed by atoms with Crippen LogP contribution in [0.5, 0.6) is 0 Å². The first-order chi connectivity index (χ1) is 8.85. The van der Waals surface area contributed by atoms with E-state index in [0.717, 1.165) is 6.17 Å². The zero-order chi connectivity index (χ0) is 14.0. The van der Waals surface area contributed by atoms with Crippen molar-refractivity contribution < 1.29 is 8.78 Å². The zero-order valence-electron chi connectivity index (χ0n) is 11.1. The maximum Gasteiger partial charge on any atom is 0.265 e. The van der Waals surface area contributed by atoms with E-state index in [1.54, 1.807) is 10.7 Å². The molecule has 0 aliphatic rings. The Kier molecular flexibility index (Phi) is 3.75. The van der Waals surface area contributed by atoms with Gasteiger partial charge in [-0.25, -0.2) is 8.78 Å². The van der Waals surface area contributed by atoms with Crippen molar-refractivity contribution in [3.8, 4) is 11.4 Å². The van der Waals surface area contributed by atoms with E-state index in [0.29, 0.717) is 11.4 Å². The molecule has 0 radical (unpaired) electrons. The van der Waals surface area contributed by atoms with E-state index in [2.05, 4.69) is 34.9 Å². The van der Waals surface area contributed by atoms with Gasteiger partial charge in [-0.15, -0.1) is 5.10 Å². The molecule has 2 aromatic heterocycles. The fourth-order valence-corrected chi connectivity index (χ4v) is 2.79. The molecule has 0 spiro atoms. The maximum absolute atomic E-state index is 12.4. The number of halogens is 2. The van der Waals surface area contributed by atoms with Crippen LogP contribution in [0.2, 0.25) is 19.6 Å². The summed E-state index contributed by atoms with van der Waals surface area (Å²) in [7, 11) is -1.27. The Morgan fingerprint density at radius 1 is 1.21 bits per heavy atom. The summed E-state index contributed by atoms with van der Waals surface area (Å²) >= 11 is 0. The van der Waals surface area contributed by atoms with Gasteiger partial charge in [0.25, 0.3) is 6.43 Å². The lowest BCUT2D eigenvalue weighted by molar-refractivity contribution is 0.151. The molecular weight excluding hydrogens is 266 g/mol. The molecule has 0 amide bonds. The van der Waals surface area contributed by atoms with Gasteiger partial charge in [0.2, 0.25) is 0 Å². The van der Waals surface area contributed by atoms with Crippen molar-refractivity contribution in [2.75, 3.05) is 0 Å². The van der Waals surface area contributed by atoms with Crippen molar-refractivity contribution in [3.05, 3.63) is 30.1 Å². The van der Waals surface area contributed by atoms with Gasteiger partial charge in [-0.2, -0.15) is 0 Å². The minimum Gasteiger partial charge on any atom is -0.255 e. The Labute approximate surface area is 111 Å². The van der Waals surface area contributed by atoms with Crippen molar-refractivity contribution in [1.82, 2.24) is 20.0 Å². The first kappa shape index (κ1) is 13.8. The highest BCUT2D eigenvalue weighted by atomic mass is 28.3. The Morgan fingerprint density at radius 2 is 1.95 bits per heavy atom. The normalized spacial score (nSPS) is 12.1. The molecule has 0 N–H and O–H groups in total. The van der Waals surface area contributed by atoms with Crippen LogP contribution in [0, 0.1) is 0 Å². The Morgan fingerprint density at radius 3 is 2.47 bits per heavy atom. The van der Waals surface area contributed by atoms with Gasteiger partial charge in [-0.05, 0) is 12.1 Å². The molecule has 0 bridgehead atoms. The van der Waals surface area contributed by atoms with Gasteiger partial charge < -0.3 is 0 Å². The lowest BCUT2D eigenvalue weighted by Crippen LogP contribution is -2.28. The number of hydrogen-bond acceptors (Lipinski definition) is 3. The summed E-state index contributed by atoms with van der Waals surface area (Å²) in [5.41, 5.74) is 1.09. The van der Waals surface area contributed by atoms with E-state index in [9.17, 15) is 8.78 Å². The van der Waals surface area contributed by atoms with Gasteiger partial charge in [0.1, 0.15) is 5.69 Å². The fourth-order valence-electron chi connectivity index (χ4n) is 1.66. The van der Waals surface area contributed by atoms with Crippen molar-refractivity contribution in [3.63, 3.8) is 0 Å². The monoisotopic (exact) mass is 282 g/mol. The second-order valence-electron chi connectivity index (χ2n) is 5.64. The third-order valence-corrected chi connectivity index (χ3v) is 3.75. The third kappa shape index (κ3) is 3.66. The molecule has 0 aromatic carbocycles. The number of pyridine rings is 1. The lowest BCUT2D eigenvalue weighted by atomic mass is 10.2. The standard InChI is InChI=1S/C12H16F2N4Si/c1-19(2,3)8-18-7-11(16-17-18)10-5-4-9(6-15-10)12(13)14/h4-7,12H,8H2,1-3H3. The summed E-state index contributed by atoms with van der Waals surface area (Å²) in [5, 5.41) is 8.08. The molecule has 0 unspecified atom stereocenters. The van der Waals surface area contributed by atoms with Crippen LogP contribution in [0.15, 0.2) is 24.5 Å². The molecule has 7 heteroatoms. The SMILES string of the molecule is C[Si](C)(C)Cn1cc(-c2ccc(C(F)F)cn2)nn1. The molecule has 0 fully saturated rings. The highest BCUT2D eigenvalue weighted by molar-refractivity contribution is 6.74. The van der Waals surface area contributed by atoms with Crippen LogP contribution in [0.1, 0.15) is 12.0 Å². The van der Waals surface area contributed by atoms with Crippen LogP contribution in [0.25, 0.3) is 11.4 Å². The Hall–Kier alpha value is -1.63. The number of nitrogens with zero attached hydrogens (tertiary/aromatic N) is 4. The lowest BCUT2D eigenvalue weighted by Gasteiger charge is -2.14. The predicted octanol–water partition coefficient (Wildman–Crippen LogP) is 3.16. The summed E-state index contributed by atoms with van der Waals surface area (Å²) in [5.74, 6) is 0. The van der Waals surface area contributed by atoms with Crippen LogP contribution < -0.4 is 0 Å². The predicted molar refractivity (Wildman–Crippen MR) is 71.6 cm³/mol. The molecule has 0 aliphatic heterocycles. The maximum atomic E-state index is 12.4. The Bertz CT molecular complexity index is 546. The van der Waals surface area contributed by atoms with Crippen LogP contribution >= 0.6 is 0 Å². The zero-order valence-corrected chi connectivity index (χ0v) is 12.1. The van der Waals surface area contributed by atoms with Crippen LogP contribution in [0.4, 0.5) is 8.78 Å². The van der Waals surface area contributed by atoms with Gasteiger partial charge in [0.05, 0.1) is 20.0 Å². The molecule has 0 atom stereocenters. The number of alkyl halides is 2. The molecule has 0 saturated heterocycles. The van der Waals surface area contributed by atoms with E-state index in [1.165, 1.54) is 12.3 Å². The van der Waals surface area contributed by atoms with Gasteiger partial charge in [-0.1, -0.05) is 24.9 Å². The van der Waals surface area contributed by atoms with Crippen molar-refractivity contribution in [2.24, 2.45) is 0 Å². The summed E-state index contributed by atoms with van der Waals surface area (Å²) in [6.07, 6.45) is 1.36. The quantitative estimate of drug-likeness (QED) is 0.809. The van der Waals surface area contributed by atoms with Crippen LogP contribution in [0.3, 0.4) is 0 Å². The summed E-state index contributed by atoms with van der Waals surface area (Å²) < 4.78 is 26.6. The van der Waals surface area contributed by atoms with Crippen LogP contribution in [-0.4, -0.2) is 28.1 Å². The van der Waals surface area contributed by atoms with Gasteiger partial charge in [0, 0.05) is 17.9 Å². The topological polar surface area (TPSA) is 43.6 Å². The Balaban J connectivity index is 2.18. The first-order valence-corrected chi connectivity index (χ1v) is 9.70. The molecule has 0 saturated carbocycles. The van der Waals surface area contributed by atoms with E-state index in [4.69, 9.17) is 0 Å². The molecule has 2 heterocycles. The molecule has 4 nitrogen and oxygen atoms in total. The highest BCUT2D eigenvalue weighted by Gasteiger charge is 2.16. The van der Waals surface area contributed by atoms with Crippen molar-refractivity contribution in [1.29, 1.82) is 0 Å². The fraction of sp³-hybridized carbons (Fsp3) is 0.417. The molecule has 102 valence electrons. The van der Waals surface area contributed by atoms with Crippen molar-refractivity contribution >= 4 is 8.07 Å². The van der Waals surface area contributed by atoms with E-state index in [1.807, 2.05) is 6.20 Å². The van der Waals surface area contributed by atoms with Gasteiger partial charge >= 0.3 is 0 Å². The molecule has 2 aromatic rings. The van der Waals surface area contributed by atoms with E-state index < -0.39 is 14.5 Å². The van der Waals surface area contributed by atoms with Crippen LogP contribution in [-0.2, 0) is 6.17 Å². The average molecular weight is 282 g/mol. The minimum atomic E-state index is -2.50. The van der Waals surface area contributed by atoms with Crippen molar-refractivity contribution in [2.45, 2.75) is 32.2 Å². The largest absolute Gasteiger partial charge is 0.265 e. The highest BCUT2D eigenvalue weighted by Crippen LogP contribution is 2.20. The molecule has 0 aliphatic carbocycles.